The number of ether oxygens (including phenoxy) is 1. The van der Waals surface area contributed by atoms with Crippen molar-refractivity contribution >= 4 is 17.4 Å². The molecule has 1 atom stereocenters. The van der Waals surface area contributed by atoms with Gasteiger partial charge in [-0.25, -0.2) is 9.78 Å². The van der Waals surface area contributed by atoms with Gasteiger partial charge in [0.25, 0.3) is 0 Å². The van der Waals surface area contributed by atoms with E-state index in [9.17, 15) is 9.90 Å². The minimum absolute atomic E-state index is 0.103. The van der Waals surface area contributed by atoms with Crippen molar-refractivity contribution in [2.75, 3.05) is 0 Å². The number of alkyl carbamates (subject to hydrolysis) is 1. The second-order valence-corrected chi connectivity index (χ2v) is 7.63. The van der Waals surface area contributed by atoms with Crippen molar-refractivity contribution in [1.29, 1.82) is 0 Å². The maximum atomic E-state index is 12.0. The average molecular weight is 360 g/mol. The van der Waals surface area contributed by atoms with Crippen molar-refractivity contribution in [2.24, 2.45) is 5.92 Å². The minimum atomic E-state index is -0.896. The molecule has 1 aliphatic carbocycles. The molecule has 134 valence electrons. The van der Waals surface area contributed by atoms with E-state index in [1.54, 1.807) is 6.20 Å². The van der Waals surface area contributed by atoms with Crippen LogP contribution in [0.4, 0.5) is 4.79 Å². The molecular formula is C19H24N2O3S. The number of hydrogen-bond donors (Lipinski definition) is 2. The summed E-state index contributed by atoms with van der Waals surface area (Å²) in [6.07, 6.45) is 4.75. The number of amides is 1. The summed E-state index contributed by atoms with van der Waals surface area (Å²) in [6, 6.07) is 9.74. The van der Waals surface area contributed by atoms with Crippen LogP contribution in [-0.2, 0) is 16.9 Å². The zero-order chi connectivity index (χ0) is 17.7. The first-order valence-corrected chi connectivity index (χ1v) is 9.53. The monoisotopic (exact) mass is 360 g/mol. The standard InChI is InChI=1S/C19H24N2O3S/c1-19(23,17-20-11-12-25-17)15-7-9-16(10-8-15)21-18(22)24-13-14-5-3-2-4-6-14/h2-6,11-12,15-16,23H,7-10,13H2,1H3,(H,21,22). The Bertz CT molecular complexity index is 665. The molecule has 1 aromatic carbocycles. The van der Waals surface area contributed by atoms with Gasteiger partial charge in [0, 0.05) is 17.6 Å². The molecule has 0 bridgehead atoms. The van der Waals surface area contributed by atoms with Gasteiger partial charge in [-0.3, -0.25) is 0 Å². The molecule has 6 heteroatoms. The Labute approximate surface area is 152 Å². The highest BCUT2D eigenvalue weighted by atomic mass is 32.1. The van der Waals surface area contributed by atoms with E-state index in [1.165, 1.54) is 11.3 Å². The van der Waals surface area contributed by atoms with E-state index in [2.05, 4.69) is 10.3 Å². The van der Waals surface area contributed by atoms with Gasteiger partial charge in [-0.15, -0.1) is 11.3 Å². The van der Waals surface area contributed by atoms with Crippen LogP contribution < -0.4 is 5.32 Å². The first kappa shape index (κ1) is 17.9. The molecule has 1 unspecified atom stereocenters. The molecule has 2 N–H and O–H groups in total. The number of thiazole rings is 1. The number of rotatable bonds is 5. The molecule has 0 aliphatic heterocycles. The van der Waals surface area contributed by atoms with Crippen LogP contribution in [0.1, 0.15) is 43.2 Å². The molecule has 0 radical (unpaired) electrons. The summed E-state index contributed by atoms with van der Waals surface area (Å²) in [5.74, 6) is 0.164. The van der Waals surface area contributed by atoms with Crippen LogP contribution in [0.5, 0.6) is 0 Å². The third-order valence-electron chi connectivity index (χ3n) is 4.92. The Morgan fingerprint density at radius 2 is 2.04 bits per heavy atom. The molecule has 25 heavy (non-hydrogen) atoms. The van der Waals surface area contributed by atoms with E-state index in [-0.39, 0.29) is 24.7 Å². The van der Waals surface area contributed by atoms with Gasteiger partial charge < -0.3 is 15.2 Å². The van der Waals surface area contributed by atoms with Crippen LogP contribution in [0, 0.1) is 5.92 Å². The lowest BCUT2D eigenvalue weighted by molar-refractivity contribution is -0.0248. The predicted octanol–water partition coefficient (Wildman–Crippen LogP) is 3.84. The Morgan fingerprint density at radius 3 is 2.68 bits per heavy atom. The summed E-state index contributed by atoms with van der Waals surface area (Å²) >= 11 is 1.49. The molecule has 1 aliphatic rings. The van der Waals surface area contributed by atoms with Gasteiger partial charge in [0.15, 0.2) is 0 Å². The van der Waals surface area contributed by atoms with Gasteiger partial charge in [-0.05, 0) is 44.1 Å². The molecule has 2 aromatic rings. The largest absolute Gasteiger partial charge is 0.445 e. The fourth-order valence-corrected chi connectivity index (χ4v) is 4.16. The second kappa shape index (κ2) is 7.97. The summed E-state index contributed by atoms with van der Waals surface area (Å²) < 4.78 is 5.28. The number of carbonyl (C=O) groups excluding carboxylic acids is 1. The molecule has 0 saturated heterocycles. The van der Waals surface area contributed by atoms with E-state index < -0.39 is 5.60 Å². The summed E-state index contributed by atoms with van der Waals surface area (Å²) in [6.45, 7) is 2.12. The van der Waals surface area contributed by atoms with Crippen molar-refractivity contribution < 1.29 is 14.6 Å². The van der Waals surface area contributed by atoms with Gasteiger partial charge in [0.05, 0.1) is 0 Å². The fraction of sp³-hybridized carbons (Fsp3) is 0.474. The highest BCUT2D eigenvalue weighted by molar-refractivity contribution is 7.09. The summed E-state index contributed by atoms with van der Waals surface area (Å²) in [4.78, 5) is 16.2. The van der Waals surface area contributed by atoms with E-state index in [0.29, 0.717) is 0 Å². The number of carbonyl (C=O) groups is 1. The molecule has 1 fully saturated rings. The number of aromatic nitrogens is 1. The van der Waals surface area contributed by atoms with Crippen LogP contribution >= 0.6 is 11.3 Å². The zero-order valence-electron chi connectivity index (χ0n) is 14.4. The normalized spacial score (nSPS) is 22.8. The molecule has 1 amide bonds. The van der Waals surface area contributed by atoms with Crippen molar-refractivity contribution in [2.45, 2.75) is 50.9 Å². The smallest absolute Gasteiger partial charge is 0.407 e. The summed E-state index contributed by atoms with van der Waals surface area (Å²) in [7, 11) is 0. The molecule has 0 spiro atoms. The van der Waals surface area contributed by atoms with Crippen LogP contribution in [0.3, 0.4) is 0 Å². The van der Waals surface area contributed by atoms with Crippen molar-refractivity contribution in [1.82, 2.24) is 10.3 Å². The lowest BCUT2D eigenvalue weighted by Crippen LogP contribution is -2.42. The Morgan fingerprint density at radius 1 is 1.32 bits per heavy atom. The highest BCUT2D eigenvalue weighted by Crippen LogP contribution is 2.39. The van der Waals surface area contributed by atoms with Crippen LogP contribution in [-0.4, -0.2) is 22.2 Å². The topological polar surface area (TPSA) is 71.5 Å². The van der Waals surface area contributed by atoms with Gasteiger partial charge >= 0.3 is 6.09 Å². The minimum Gasteiger partial charge on any atom is -0.445 e. The molecule has 1 heterocycles. The third-order valence-corrected chi connectivity index (χ3v) is 5.92. The Hall–Kier alpha value is -1.92. The van der Waals surface area contributed by atoms with Crippen molar-refractivity contribution in [3.63, 3.8) is 0 Å². The zero-order valence-corrected chi connectivity index (χ0v) is 15.2. The van der Waals surface area contributed by atoms with Crippen LogP contribution in [0.2, 0.25) is 0 Å². The number of hydrogen-bond acceptors (Lipinski definition) is 5. The highest BCUT2D eigenvalue weighted by Gasteiger charge is 2.38. The number of nitrogens with one attached hydrogen (secondary N) is 1. The van der Waals surface area contributed by atoms with E-state index in [4.69, 9.17) is 4.74 Å². The molecular weight excluding hydrogens is 336 g/mol. The molecule has 5 nitrogen and oxygen atoms in total. The predicted molar refractivity (Wildman–Crippen MR) is 97.2 cm³/mol. The van der Waals surface area contributed by atoms with Crippen LogP contribution in [0.25, 0.3) is 0 Å². The second-order valence-electron chi connectivity index (χ2n) is 6.74. The van der Waals surface area contributed by atoms with E-state index >= 15 is 0 Å². The van der Waals surface area contributed by atoms with E-state index in [1.807, 2.05) is 42.6 Å². The molecule has 3 rings (SSSR count). The molecule has 1 saturated carbocycles. The van der Waals surface area contributed by atoms with Gasteiger partial charge in [0.1, 0.15) is 17.2 Å². The van der Waals surface area contributed by atoms with Crippen LogP contribution in [0.15, 0.2) is 41.9 Å². The SMILES string of the molecule is CC(O)(c1nccs1)C1CCC(NC(=O)OCc2ccccc2)CC1. The fourth-order valence-electron chi connectivity index (χ4n) is 3.38. The Kier molecular flexibility index (Phi) is 5.71. The lowest BCUT2D eigenvalue weighted by Gasteiger charge is -2.36. The lowest BCUT2D eigenvalue weighted by atomic mass is 9.76. The number of aliphatic hydroxyl groups is 1. The van der Waals surface area contributed by atoms with E-state index in [0.717, 1.165) is 36.3 Å². The third kappa shape index (κ3) is 4.58. The summed E-state index contributed by atoms with van der Waals surface area (Å²) in [5.41, 5.74) is 0.0771. The number of nitrogens with zero attached hydrogens (tertiary/aromatic N) is 1. The maximum absolute atomic E-state index is 12.0. The van der Waals surface area contributed by atoms with Gasteiger partial charge in [-0.1, -0.05) is 30.3 Å². The maximum Gasteiger partial charge on any atom is 0.407 e. The first-order chi connectivity index (χ1) is 12.1. The Balaban J connectivity index is 1.44. The first-order valence-electron chi connectivity index (χ1n) is 8.65. The van der Waals surface area contributed by atoms with Gasteiger partial charge in [0.2, 0.25) is 0 Å². The number of benzene rings is 1. The van der Waals surface area contributed by atoms with Gasteiger partial charge in [-0.2, -0.15) is 0 Å². The van der Waals surface area contributed by atoms with Crippen molar-refractivity contribution in [3.05, 3.63) is 52.5 Å². The summed E-state index contributed by atoms with van der Waals surface area (Å²) in [5, 5.41) is 16.4. The quantitative estimate of drug-likeness (QED) is 0.850. The average Bonchev–Trinajstić information content (AvgIpc) is 3.17. The molecule has 1 aromatic heterocycles. The van der Waals surface area contributed by atoms with Crippen molar-refractivity contribution in [3.8, 4) is 0 Å².